The minimum Gasteiger partial charge on any atom is -0.465 e. The fourth-order valence-corrected chi connectivity index (χ4v) is 3.28. The van der Waals surface area contributed by atoms with Crippen molar-refractivity contribution in [2.45, 2.75) is 13.0 Å². The predicted octanol–water partition coefficient (Wildman–Crippen LogP) is 1.61. The van der Waals surface area contributed by atoms with Gasteiger partial charge in [-0.15, -0.1) is 11.3 Å². The van der Waals surface area contributed by atoms with Crippen LogP contribution in [0.25, 0.3) is 0 Å². The van der Waals surface area contributed by atoms with Gasteiger partial charge < -0.3 is 15.4 Å². The minimum atomic E-state index is -0.567. The number of thiophene rings is 1. The van der Waals surface area contributed by atoms with Gasteiger partial charge in [0.25, 0.3) is 5.24 Å². The molecule has 1 unspecified atom stereocenters. The maximum absolute atomic E-state index is 12.0. The van der Waals surface area contributed by atoms with E-state index in [9.17, 15) is 14.4 Å². The number of nitrogens with one attached hydrogen (secondary N) is 2. The van der Waals surface area contributed by atoms with Crippen molar-refractivity contribution in [1.29, 1.82) is 0 Å². The molecule has 1 aromatic rings. The summed E-state index contributed by atoms with van der Waals surface area (Å²) in [4.78, 5) is 35.0. The fourth-order valence-electron chi connectivity index (χ4n) is 1.58. The highest BCUT2D eigenvalue weighted by Crippen LogP contribution is 2.28. The van der Waals surface area contributed by atoms with Gasteiger partial charge in [0, 0.05) is 5.75 Å². The molecular weight excluding hydrogens is 288 g/mol. The molecule has 8 heteroatoms. The van der Waals surface area contributed by atoms with E-state index < -0.39 is 12.0 Å². The van der Waals surface area contributed by atoms with Gasteiger partial charge in [-0.2, -0.15) is 0 Å². The molecule has 6 nitrogen and oxygen atoms in total. The lowest BCUT2D eigenvalue weighted by Crippen LogP contribution is -2.38. The summed E-state index contributed by atoms with van der Waals surface area (Å²) in [6, 6.07) is -0.567. The van der Waals surface area contributed by atoms with E-state index >= 15 is 0 Å². The van der Waals surface area contributed by atoms with Gasteiger partial charge in [-0.1, -0.05) is 11.8 Å². The molecule has 0 bridgehead atoms. The van der Waals surface area contributed by atoms with Crippen LogP contribution in [0.3, 0.4) is 0 Å². The molecule has 0 aromatic carbocycles. The van der Waals surface area contributed by atoms with Crippen molar-refractivity contribution in [1.82, 2.24) is 5.32 Å². The lowest BCUT2D eigenvalue weighted by molar-refractivity contribution is -0.117. The Morgan fingerprint density at radius 1 is 1.53 bits per heavy atom. The van der Waals surface area contributed by atoms with E-state index in [0.717, 1.165) is 17.3 Å². The van der Waals surface area contributed by atoms with Crippen molar-refractivity contribution < 1.29 is 19.1 Å². The third-order valence-corrected chi connectivity index (χ3v) is 4.54. The van der Waals surface area contributed by atoms with Crippen molar-refractivity contribution in [2.75, 3.05) is 18.2 Å². The number of methoxy groups -OCH3 is 1. The van der Waals surface area contributed by atoms with E-state index in [2.05, 4.69) is 15.4 Å². The molecule has 1 saturated heterocycles. The molecule has 2 heterocycles. The van der Waals surface area contributed by atoms with Crippen LogP contribution >= 0.6 is 23.1 Å². The van der Waals surface area contributed by atoms with Gasteiger partial charge in [-0.25, -0.2) is 4.79 Å². The second kappa shape index (κ2) is 5.62. The third-order valence-electron chi connectivity index (χ3n) is 2.58. The number of rotatable bonds is 3. The summed E-state index contributed by atoms with van der Waals surface area (Å²) in [7, 11) is 1.29. The molecule has 2 amide bonds. The first kappa shape index (κ1) is 13.9. The number of hydrogen-bond acceptors (Lipinski definition) is 6. The monoisotopic (exact) mass is 300 g/mol. The smallest absolute Gasteiger partial charge is 0.350 e. The average molecular weight is 300 g/mol. The van der Waals surface area contributed by atoms with Gasteiger partial charge in [0.05, 0.1) is 12.8 Å². The standard InChI is InChI=1S/C11H12N2O4S2/c1-5-3-18-8(10(15)17-2)7(5)13-9(14)6-4-19-11(16)12-6/h3,6H,4H2,1-2H3,(H,12,16)(H,13,14). The lowest BCUT2D eigenvalue weighted by Gasteiger charge is -2.11. The Labute approximate surface area is 117 Å². The van der Waals surface area contributed by atoms with Crippen molar-refractivity contribution in [2.24, 2.45) is 0 Å². The van der Waals surface area contributed by atoms with Crippen molar-refractivity contribution in [3.8, 4) is 0 Å². The summed E-state index contributed by atoms with van der Waals surface area (Å²) in [5.74, 6) is -0.426. The zero-order valence-electron chi connectivity index (χ0n) is 10.3. The van der Waals surface area contributed by atoms with Crippen LogP contribution in [0.5, 0.6) is 0 Å². The fraction of sp³-hybridized carbons (Fsp3) is 0.364. The van der Waals surface area contributed by atoms with Crippen molar-refractivity contribution in [3.63, 3.8) is 0 Å². The van der Waals surface area contributed by atoms with Gasteiger partial charge in [0.2, 0.25) is 5.91 Å². The van der Waals surface area contributed by atoms with E-state index in [1.807, 2.05) is 0 Å². The second-order valence-electron chi connectivity index (χ2n) is 3.90. The Morgan fingerprint density at radius 3 is 2.84 bits per heavy atom. The lowest BCUT2D eigenvalue weighted by atomic mass is 10.2. The third kappa shape index (κ3) is 2.90. The van der Waals surface area contributed by atoms with Crippen LogP contribution in [-0.2, 0) is 9.53 Å². The Balaban J connectivity index is 2.14. The second-order valence-corrected chi connectivity index (χ2v) is 5.77. The van der Waals surface area contributed by atoms with Crippen LogP contribution in [0.15, 0.2) is 5.38 Å². The number of aryl methyl sites for hydroxylation is 1. The number of ether oxygens (including phenoxy) is 1. The molecule has 1 aliphatic rings. The topological polar surface area (TPSA) is 84.5 Å². The normalized spacial score (nSPS) is 18.0. The van der Waals surface area contributed by atoms with E-state index in [-0.39, 0.29) is 11.1 Å². The molecule has 2 N–H and O–H groups in total. The molecule has 0 aliphatic carbocycles. The molecule has 0 spiro atoms. The van der Waals surface area contributed by atoms with Crippen LogP contribution in [0, 0.1) is 6.92 Å². The number of anilines is 1. The average Bonchev–Trinajstić information content (AvgIpc) is 2.96. The molecule has 2 rings (SSSR count). The summed E-state index contributed by atoms with van der Waals surface area (Å²) >= 11 is 2.28. The van der Waals surface area contributed by atoms with Crippen molar-refractivity contribution in [3.05, 3.63) is 15.8 Å². The Kier molecular flexibility index (Phi) is 4.11. The van der Waals surface area contributed by atoms with Gasteiger partial charge in [-0.05, 0) is 17.9 Å². The van der Waals surface area contributed by atoms with Gasteiger partial charge >= 0.3 is 5.97 Å². The molecule has 0 saturated carbocycles. The number of carbonyl (C=O) groups excluding carboxylic acids is 3. The molecular formula is C11H12N2O4S2. The first-order valence-electron chi connectivity index (χ1n) is 5.43. The highest BCUT2D eigenvalue weighted by molar-refractivity contribution is 8.14. The Bertz CT molecular complexity index is 541. The molecule has 19 heavy (non-hydrogen) atoms. The molecule has 102 valence electrons. The Morgan fingerprint density at radius 2 is 2.26 bits per heavy atom. The number of thioether (sulfide) groups is 1. The van der Waals surface area contributed by atoms with Gasteiger partial charge in [0.1, 0.15) is 10.9 Å². The van der Waals surface area contributed by atoms with Crippen LogP contribution in [0.1, 0.15) is 15.2 Å². The van der Waals surface area contributed by atoms with E-state index in [1.165, 1.54) is 18.4 Å². The maximum atomic E-state index is 12.0. The molecule has 1 aromatic heterocycles. The highest BCUT2D eigenvalue weighted by Gasteiger charge is 2.29. The van der Waals surface area contributed by atoms with Crippen LogP contribution in [0.4, 0.5) is 10.5 Å². The van der Waals surface area contributed by atoms with E-state index in [1.54, 1.807) is 12.3 Å². The molecule has 1 atom stereocenters. The van der Waals surface area contributed by atoms with Crippen molar-refractivity contribution >= 4 is 45.9 Å². The quantitative estimate of drug-likeness (QED) is 0.828. The first-order valence-corrected chi connectivity index (χ1v) is 7.30. The number of amides is 2. The molecule has 1 fully saturated rings. The van der Waals surface area contributed by atoms with Crippen LogP contribution in [-0.4, -0.2) is 36.0 Å². The van der Waals surface area contributed by atoms with Gasteiger partial charge in [0.15, 0.2) is 0 Å². The minimum absolute atomic E-state index is 0.213. The summed E-state index contributed by atoms with van der Waals surface area (Å²) in [5, 5.41) is 6.78. The maximum Gasteiger partial charge on any atom is 0.350 e. The van der Waals surface area contributed by atoms with E-state index in [0.29, 0.717) is 16.3 Å². The highest BCUT2D eigenvalue weighted by atomic mass is 32.2. The zero-order valence-corrected chi connectivity index (χ0v) is 11.9. The molecule has 0 radical (unpaired) electrons. The Hall–Kier alpha value is -1.54. The largest absolute Gasteiger partial charge is 0.465 e. The van der Waals surface area contributed by atoms with Crippen LogP contribution < -0.4 is 10.6 Å². The first-order chi connectivity index (χ1) is 9.02. The molecule has 1 aliphatic heterocycles. The van der Waals surface area contributed by atoms with Gasteiger partial charge in [-0.3, -0.25) is 9.59 Å². The number of hydrogen-bond donors (Lipinski definition) is 2. The van der Waals surface area contributed by atoms with Crippen LogP contribution in [0.2, 0.25) is 0 Å². The number of esters is 1. The predicted molar refractivity (Wildman–Crippen MR) is 73.8 cm³/mol. The summed E-state index contributed by atoms with van der Waals surface area (Å²) in [6.45, 7) is 1.79. The van der Waals surface area contributed by atoms with E-state index in [4.69, 9.17) is 0 Å². The SMILES string of the molecule is COC(=O)c1scc(C)c1NC(=O)C1CSC(=O)N1. The number of carbonyl (C=O) groups is 3. The summed E-state index contributed by atoms with van der Waals surface area (Å²) < 4.78 is 4.66. The summed E-state index contributed by atoms with van der Waals surface area (Å²) in [5.41, 5.74) is 1.24. The summed E-state index contributed by atoms with van der Waals surface area (Å²) in [6.07, 6.45) is 0. The zero-order chi connectivity index (χ0) is 14.0.